The van der Waals surface area contributed by atoms with Crippen molar-refractivity contribution in [1.29, 1.82) is 0 Å². The highest BCUT2D eigenvalue weighted by Crippen LogP contribution is 2.26. The molecule has 2 aromatic rings. The Labute approximate surface area is 176 Å². The fourth-order valence-electron chi connectivity index (χ4n) is 3.55. The van der Waals surface area contributed by atoms with Crippen molar-refractivity contribution in [3.8, 4) is 0 Å². The molecule has 0 bridgehead atoms. The predicted octanol–water partition coefficient (Wildman–Crippen LogP) is 2.93. The van der Waals surface area contributed by atoms with Gasteiger partial charge in [0.2, 0.25) is 15.9 Å². The number of sulfonamides is 1. The number of carbonyl (C=O) groups excluding carboxylic acids is 2. The predicted molar refractivity (Wildman–Crippen MR) is 111 cm³/mol. The lowest BCUT2D eigenvalue weighted by molar-refractivity contribution is -0.125. The van der Waals surface area contributed by atoms with E-state index in [9.17, 15) is 22.4 Å². The molecule has 1 atom stereocenters. The SMILES string of the molecule is CC(=O)c1ccc(S(=O)(=O)N2CCCCC2C(=O)NCCc2ccc(F)cc2)cc1. The fourth-order valence-corrected chi connectivity index (χ4v) is 5.21. The van der Waals surface area contributed by atoms with Gasteiger partial charge in [-0.2, -0.15) is 4.31 Å². The molecule has 1 amide bonds. The summed E-state index contributed by atoms with van der Waals surface area (Å²) in [4.78, 5) is 24.3. The minimum atomic E-state index is -3.86. The molecule has 0 aromatic heterocycles. The first-order chi connectivity index (χ1) is 14.3. The van der Waals surface area contributed by atoms with Gasteiger partial charge in [0.25, 0.3) is 0 Å². The molecule has 8 heteroatoms. The van der Waals surface area contributed by atoms with Gasteiger partial charge in [0.05, 0.1) is 4.90 Å². The highest BCUT2D eigenvalue weighted by molar-refractivity contribution is 7.89. The van der Waals surface area contributed by atoms with Crippen molar-refractivity contribution in [1.82, 2.24) is 9.62 Å². The lowest BCUT2D eigenvalue weighted by Gasteiger charge is -2.33. The molecule has 1 heterocycles. The van der Waals surface area contributed by atoms with Crippen LogP contribution in [0.3, 0.4) is 0 Å². The van der Waals surface area contributed by atoms with E-state index in [-0.39, 0.29) is 28.9 Å². The molecule has 3 rings (SSSR count). The van der Waals surface area contributed by atoms with E-state index in [2.05, 4.69) is 5.32 Å². The molecule has 1 aliphatic heterocycles. The molecule has 6 nitrogen and oxygen atoms in total. The summed E-state index contributed by atoms with van der Waals surface area (Å²) in [6, 6.07) is 11.0. The Kier molecular flexibility index (Phi) is 6.99. The number of nitrogens with zero attached hydrogens (tertiary/aromatic N) is 1. The van der Waals surface area contributed by atoms with Gasteiger partial charge < -0.3 is 5.32 Å². The third-order valence-corrected chi connectivity index (χ3v) is 7.17. The summed E-state index contributed by atoms with van der Waals surface area (Å²) in [6.45, 7) is 2.02. The van der Waals surface area contributed by atoms with Crippen LogP contribution in [0.2, 0.25) is 0 Å². The van der Waals surface area contributed by atoms with Crippen LogP contribution in [0.25, 0.3) is 0 Å². The molecular formula is C22H25FN2O4S. The number of Topliss-reactive ketones (excluding diaryl/α,β-unsaturated/α-hetero) is 1. The molecular weight excluding hydrogens is 407 g/mol. The molecule has 1 unspecified atom stereocenters. The van der Waals surface area contributed by atoms with Crippen molar-refractivity contribution in [2.75, 3.05) is 13.1 Å². The molecule has 1 aliphatic rings. The van der Waals surface area contributed by atoms with E-state index >= 15 is 0 Å². The molecule has 0 aliphatic carbocycles. The Hall–Kier alpha value is -2.58. The van der Waals surface area contributed by atoms with Crippen molar-refractivity contribution in [3.05, 3.63) is 65.5 Å². The largest absolute Gasteiger partial charge is 0.354 e. The maximum Gasteiger partial charge on any atom is 0.243 e. The minimum absolute atomic E-state index is 0.0681. The summed E-state index contributed by atoms with van der Waals surface area (Å²) in [7, 11) is -3.86. The Morgan fingerprint density at radius 2 is 1.73 bits per heavy atom. The van der Waals surface area contributed by atoms with Gasteiger partial charge in [-0.3, -0.25) is 9.59 Å². The summed E-state index contributed by atoms with van der Waals surface area (Å²) in [5.41, 5.74) is 1.32. The van der Waals surface area contributed by atoms with Crippen molar-refractivity contribution in [2.24, 2.45) is 0 Å². The second-order valence-corrected chi connectivity index (χ2v) is 9.27. The van der Waals surface area contributed by atoms with Crippen LogP contribution in [0, 0.1) is 5.82 Å². The fraction of sp³-hybridized carbons (Fsp3) is 0.364. The number of hydrogen-bond acceptors (Lipinski definition) is 4. The Bertz CT molecular complexity index is 1000. The number of carbonyl (C=O) groups is 2. The average molecular weight is 433 g/mol. The van der Waals surface area contributed by atoms with E-state index in [0.717, 1.165) is 12.0 Å². The van der Waals surface area contributed by atoms with Gasteiger partial charge in [-0.25, -0.2) is 12.8 Å². The number of benzene rings is 2. The minimum Gasteiger partial charge on any atom is -0.354 e. The summed E-state index contributed by atoms with van der Waals surface area (Å²) in [5, 5.41) is 2.81. The van der Waals surface area contributed by atoms with Crippen molar-refractivity contribution >= 4 is 21.7 Å². The monoisotopic (exact) mass is 432 g/mol. The Morgan fingerprint density at radius 3 is 2.37 bits per heavy atom. The van der Waals surface area contributed by atoms with Gasteiger partial charge >= 0.3 is 0 Å². The van der Waals surface area contributed by atoms with Crippen LogP contribution in [0.4, 0.5) is 4.39 Å². The van der Waals surface area contributed by atoms with E-state index in [1.807, 2.05) is 0 Å². The van der Waals surface area contributed by atoms with E-state index in [4.69, 9.17) is 0 Å². The topological polar surface area (TPSA) is 83.6 Å². The zero-order chi connectivity index (χ0) is 21.7. The summed E-state index contributed by atoms with van der Waals surface area (Å²) in [5.74, 6) is -0.793. The van der Waals surface area contributed by atoms with Gasteiger partial charge in [-0.1, -0.05) is 30.7 Å². The number of halogens is 1. The summed E-state index contributed by atoms with van der Waals surface area (Å²) in [6.07, 6.45) is 2.43. The van der Waals surface area contributed by atoms with E-state index in [1.165, 1.54) is 47.6 Å². The third-order valence-electron chi connectivity index (χ3n) is 5.25. The normalized spacial score (nSPS) is 17.5. The van der Waals surface area contributed by atoms with Gasteiger partial charge in [0.1, 0.15) is 11.9 Å². The molecule has 0 saturated carbocycles. The van der Waals surface area contributed by atoms with Crippen molar-refractivity contribution in [3.63, 3.8) is 0 Å². The number of piperidine rings is 1. The second-order valence-electron chi connectivity index (χ2n) is 7.38. The first-order valence-electron chi connectivity index (χ1n) is 9.94. The quantitative estimate of drug-likeness (QED) is 0.682. The first kappa shape index (κ1) is 22.1. The molecule has 0 spiro atoms. The lowest BCUT2D eigenvalue weighted by Crippen LogP contribution is -2.52. The standard InChI is InChI=1S/C22H25FN2O4S/c1-16(26)18-7-11-20(12-8-18)30(28,29)25-15-3-2-4-21(25)22(27)24-14-13-17-5-9-19(23)10-6-17/h5-12,21H,2-4,13-15H2,1H3,(H,24,27). The number of ketones is 1. The molecule has 30 heavy (non-hydrogen) atoms. The highest BCUT2D eigenvalue weighted by atomic mass is 32.2. The van der Waals surface area contributed by atoms with Crippen molar-refractivity contribution < 1.29 is 22.4 Å². The molecule has 0 radical (unpaired) electrons. The molecule has 1 fully saturated rings. The maximum absolute atomic E-state index is 13.1. The Balaban J connectivity index is 1.69. The van der Waals surface area contributed by atoms with Gasteiger partial charge in [0.15, 0.2) is 5.78 Å². The van der Waals surface area contributed by atoms with Crippen LogP contribution in [0.15, 0.2) is 53.4 Å². The highest BCUT2D eigenvalue weighted by Gasteiger charge is 2.37. The van der Waals surface area contributed by atoms with Crippen LogP contribution in [-0.4, -0.2) is 43.5 Å². The van der Waals surface area contributed by atoms with E-state index < -0.39 is 16.1 Å². The number of hydrogen-bond donors (Lipinski definition) is 1. The van der Waals surface area contributed by atoms with Crippen LogP contribution >= 0.6 is 0 Å². The molecule has 1 saturated heterocycles. The zero-order valence-electron chi connectivity index (χ0n) is 16.8. The molecule has 2 aromatic carbocycles. The van der Waals surface area contributed by atoms with Crippen LogP contribution in [0.5, 0.6) is 0 Å². The summed E-state index contributed by atoms with van der Waals surface area (Å²) < 4.78 is 40.5. The van der Waals surface area contributed by atoms with E-state index in [1.54, 1.807) is 12.1 Å². The smallest absolute Gasteiger partial charge is 0.243 e. The van der Waals surface area contributed by atoms with Gasteiger partial charge in [-0.05, 0) is 56.0 Å². The average Bonchev–Trinajstić information content (AvgIpc) is 2.75. The second kappa shape index (κ2) is 9.49. The Morgan fingerprint density at radius 1 is 1.07 bits per heavy atom. The summed E-state index contributed by atoms with van der Waals surface area (Å²) >= 11 is 0. The van der Waals surface area contributed by atoms with Gasteiger partial charge in [-0.15, -0.1) is 0 Å². The lowest BCUT2D eigenvalue weighted by atomic mass is 10.0. The molecule has 160 valence electrons. The number of rotatable bonds is 7. The van der Waals surface area contributed by atoms with Crippen LogP contribution < -0.4 is 5.32 Å². The van der Waals surface area contributed by atoms with Crippen molar-refractivity contribution in [2.45, 2.75) is 43.5 Å². The number of nitrogens with one attached hydrogen (secondary N) is 1. The van der Waals surface area contributed by atoms with E-state index in [0.29, 0.717) is 31.4 Å². The van der Waals surface area contributed by atoms with Crippen LogP contribution in [-0.2, 0) is 21.2 Å². The molecule has 1 N–H and O–H groups in total. The third kappa shape index (κ3) is 5.12. The van der Waals surface area contributed by atoms with Gasteiger partial charge in [0, 0.05) is 18.7 Å². The maximum atomic E-state index is 13.1. The van der Waals surface area contributed by atoms with Crippen LogP contribution in [0.1, 0.15) is 42.1 Å². The zero-order valence-corrected chi connectivity index (χ0v) is 17.6. The number of amides is 1. The first-order valence-corrected chi connectivity index (χ1v) is 11.4.